The molecule has 0 aliphatic rings. The summed E-state index contributed by atoms with van der Waals surface area (Å²) in [5.74, 6) is 2.43. The monoisotopic (exact) mass is 666 g/mol. The maximum Gasteiger partial charge on any atom is 0.561 e. The molecule has 0 fully saturated rings. The van der Waals surface area contributed by atoms with Crippen molar-refractivity contribution >= 4 is 80.7 Å². The summed E-state index contributed by atoms with van der Waals surface area (Å²) >= 11 is 0. The molecule has 0 aliphatic carbocycles. The number of hydrogen-bond donors (Lipinski definition) is 0. The molecule has 3 N–H and O–H groups in total. The van der Waals surface area contributed by atoms with Gasteiger partial charge in [0.25, 0.3) is 0 Å². The summed E-state index contributed by atoms with van der Waals surface area (Å²) in [4.78, 5) is 68.6. The molecule has 18 heteroatoms. The molecule has 0 unspecified atom stereocenters. The van der Waals surface area contributed by atoms with E-state index in [1.165, 1.54) is 32.4 Å². The van der Waals surface area contributed by atoms with Crippen molar-refractivity contribution in [3.63, 3.8) is 0 Å². The van der Waals surface area contributed by atoms with Crippen LogP contribution in [0.4, 0.5) is 0 Å². The minimum absolute atomic E-state index is 0.189. The first-order valence-electron chi connectivity index (χ1n) is 12.2. The molecule has 0 bridgehead atoms. The molecule has 1 rings (SSSR count). The molecular weight excluding hydrogens is 631 g/mol. The first-order chi connectivity index (χ1) is 18.8. The highest BCUT2D eigenvalue weighted by Crippen LogP contribution is 2.24. The highest BCUT2D eigenvalue weighted by molar-refractivity contribution is 8.82. The fourth-order valence-corrected chi connectivity index (χ4v) is 7.56. The van der Waals surface area contributed by atoms with E-state index < -0.39 is 17.1 Å². The van der Waals surface area contributed by atoms with Crippen LogP contribution in [0.2, 0.25) is 0 Å². The van der Waals surface area contributed by atoms with Gasteiger partial charge in [-0.15, -0.1) is 0 Å². The Morgan fingerprint density at radius 3 is 1.05 bits per heavy atom. The summed E-state index contributed by atoms with van der Waals surface area (Å²) < 4.78 is 18.1. The van der Waals surface area contributed by atoms with Crippen molar-refractivity contribution in [1.82, 2.24) is 13.7 Å². The van der Waals surface area contributed by atoms with Crippen molar-refractivity contribution in [3.05, 3.63) is 31.5 Å². The number of ether oxygens (including phenoxy) is 3. The van der Waals surface area contributed by atoms with Gasteiger partial charge in [-0.25, -0.2) is 28.1 Å². The average molecular weight is 667 g/mol. The second-order valence-electron chi connectivity index (χ2n) is 7.36. The summed E-state index contributed by atoms with van der Waals surface area (Å²) in [6, 6.07) is 0. The highest BCUT2D eigenvalue weighted by Gasteiger charge is 2.22. The topological polar surface area (TPSA) is 158 Å². The Bertz CT molecular complexity index is 929. The number of hydrogen-bond acceptors (Lipinski definition) is 12. The molecule has 0 radical (unpaired) electrons. The Kier molecular flexibility index (Phi) is 19.9. The van der Waals surface area contributed by atoms with Crippen molar-refractivity contribution in [1.29, 1.82) is 0 Å². The van der Waals surface area contributed by atoms with Crippen LogP contribution < -0.4 is 17.1 Å². The standard InChI is InChI=1S/C21H33N3O9S6/c1-4-13-34-37-19(28)31-10-7-22-16(25)23(8-11-32-20(29)38-35-14-5-2)18(27)24(17(22)26)9-12-33-21(30)39-36-15-6-3/h4-15H2,1-3H3/p+3. The third-order valence-corrected chi connectivity index (χ3v) is 11.0. The molecule has 0 aliphatic heterocycles. The Morgan fingerprint density at radius 1 is 0.564 bits per heavy atom. The lowest BCUT2D eigenvalue weighted by molar-refractivity contribution is 0.237. The maximum atomic E-state index is 13.0. The molecule has 39 heavy (non-hydrogen) atoms. The molecular formula is C21H36N3O9S6+3. The van der Waals surface area contributed by atoms with Gasteiger partial charge in [-0.2, -0.15) is 0 Å². The fourth-order valence-electron chi connectivity index (χ4n) is 2.53. The summed E-state index contributed by atoms with van der Waals surface area (Å²) in [6.45, 7) is 4.74. The summed E-state index contributed by atoms with van der Waals surface area (Å²) in [5, 5.41) is -0.900. The second-order valence-corrected chi connectivity index (χ2v) is 14.5. The molecule has 0 saturated heterocycles. The minimum atomic E-state index is -0.879. The Labute approximate surface area is 250 Å². The number of rotatable bonds is 18. The van der Waals surface area contributed by atoms with Gasteiger partial charge in [0, 0.05) is 17.3 Å². The second kappa shape index (κ2) is 21.6. The van der Waals surface area contributed by atoms with Gasteiger partial charge in [0.2, 0.25) is 19.8 Å². The summed E-state index contributed by atoms with van der Waals surface area (Å²) in [5.41, 5.74) is -2.64. The van der Waals surface area contributed by atoms with Crippen LogP contribution in [0.25, 0.3) is 0 Å². The predicted molar refractivity (Wildman–Crippen MR) is 169 cm³/mol. The normalized spacial score (nSPS) is 10.8. The van der Waals surface area contributed by atoms with E-state index in [2.05, 4.69) is 0 Å². The lowest BCUT2D eigenvalue weighted by Crippen LogP contribution is -2.55. The van der Waals surface area contributed by atoms with Crippen LogP contribution in [0.15, 0.2) is 14.4 Å². The summed E-state index contributed by atoms with van der Waals surface area (Å²) in [6.07, 6.45) is 2.77. The Balaban J connectivity index is 3.00. The van der Waals surface area contributed by atoms with Crippen molar-refractivity contribution in [2.75, 3.05) is 37.1 Å². The van der Waals surface area contributed by atoms with E-state index in [0.717, 1.165) is 82.6 Å². The molecule has 1 heterocycles. The van der Waals surface area contributed by atoms with Crippen LogP contribution in [-0.2, 0) is 33.8 Å². The molecule has 12 nitrogen and oxygen atoms in total. The quantitative estimate of drug-likeness (QED) is 0.0743. The van der Waals surface area contributed by atoms with Crippen LogP contribution >= 0.6 is 64.8 Å². The smallest absolute Gasteiger partial charge is 0.329 e. The first-order valence-corrected chi connectivity index (χ1v) is 19.1. The molecule has 0 spiro atoms. The first kappa shape index (κ1) is 35.9. The van der Waals surface area contributed by atoms with Crippen molar-refractivity contribution in [2.45, 2.75) is 59.7 Å². The molecule has 1 aromatic rings. The van der Waals surface area contributed by atoms with Crippen molar-refractivity contribution in [3.8, 4) is 0 Å². The lowest BCUT2D eigenvalue weighted by Gasteiger charge is -2.11. The van der Waals surface area contributed by atoms with Crippen LogP contribution in [0.1, 0.15) is 40.0 Å². The SMILES string of the molecule is CCCSSC(=[OH+])OCCn1c(=O)n(CCOC(=[OH+])SSCCC)c(=O)n(CCOC(=[OH+])SSCCC)c1=O. The third-order valence-electron chi connectivity index (χ3n) is 4.26. The molecule has 0 amide bonds. The van der Waals surface area contributed by atoms with Crippen LogP contribution in [0, 0.1) is 0 Å². The highest BCUT2D eigenvalue weighted by atomic mass is 33.1. The van der Waals surface area contributed by atoms with Gasteiger partial charge in [0.05, 0.1) is 52.0 Å². The number of nitrogens with zero attached hydrogens (tertiary/aromatic N) is 3. The predicted octanol–water partition coefficient (Wildman–Crippen LogP) is 2.98. The minimum Gasteiger partial charge on any atom is -0.329 e. The molecule has 222 valence electrons. The van der Waals surface area contributed by atoms with Gasteiger partial charge in [0.1, 0.15) is 0 Å². The number of carbonyl (C=O) groups excluding carboxylic acids is 3. The lowest BCUT2D eigenvalue weighted by atomic mass is 10.6. The van der Waals surface area contributed by atoms with Gasteiger partial charge in [-0.1, -0.05) is 53.2 Å². The van der Waals surface area contributed by atoms with Gasteiger partial charge in [-0.05, 0) is 19.3 Å². The molecule has 0 aromatic carbocycles. The zero-order chi connectivity index (χ0) is 29.0. The van der Waals surface area contributed by atoms with Crippen LogP contribution in [0.3, 0.4) is 0 Å². The average Bonchev–Trinajstić information content (AvgIpc) is 2.90. The van der Waals surface area contributed by atoms with Crippen LogP contribution in [0.5, 0.6) is 0 Å². The van der Waals surface area contributed by atoms with E-state index in [1.807, 2.05) is 20.8 Å². The van der Waals surface area contributed by atoms with E-state index in [-0.39, 0.29) is 55.4 Å². The summed E-state index contributed by atoms with van der Waals surface area (Å²) in [7, 11) is 7.33. The van der Waals surface area contributed by atoms with E-state index >= 15 is 0 Å². The molecule has 0 atom stereocenters. The molecule has 0 saturated carbocycles. The van der Waals surface area contributed by atoms with E-state index in [1.54, 1.807) is 0 Å². The Hall–Kier alpha value is -1.08. The zero-order valence-electron chi connectivity index (χ0n) is 22.1. The van der Waals surface area contributed by atoms with Gasteiger partial charge < -0.3 is 28.6 Å². The molecule has 1 aromatic heterocycles. The van der Waals surface area contributed by atoms with Gasteiger partial charge in [0.15, 0.2) is 0 Å². The Morgan fingerprint density at radius 2 is 0.821 bits per heavy atom. The van der Waals surface area contributed by atoms with Crippen molar-refractivity contribution in [2.24, 2.45) is 0 Å². The van der Waals surface area contributed by atoms with E-state index in [9.17, 15) is 28.8 Å². The largest absolute Gasteiger partial charge is 0.561 e. The fraction of sp³-hybridized carbons (Fsp3) is 0.714. The van der Waals surface area contributed by atoms with Gasteiger partial charge in [-0.3, -0.25) is 0 Å². The van der Waals surface area contributed by atoms with Crippen molar-refractivity contribution < 1.29 is 28.6 Å². The number of aromatic nitrogens is 3. The maximum absolute atomic E-state index is 13.0. The van der Waals surface area contributed by atoms with E-state index in [4.69, 9.17) is 14.2 Å². The van der Waals surface area contributed by atoms with Crippen LogP contribution in [-0.4, -0.2) is 81.1 Å². The van der Waals surface area contributed by atoms with E-state index in [0.29, 0.717) is 0 Å². The third kappa shape index (κ3) is 14.4. The van der Waals surface area contributed by atoms with Gasteiger partial charge >= 0.3 is 33.0 Å². The zero-order valence-corrected chi connectivity index (χ0v) is 27.0.